The summed E-state index contributed by atoms with van der Waals surface area (Å²) in [5.41, 5.74) is -0.177. The Bertz CT molecular complexity index is 610. The van der Waals surface area contributed by atoms with Crippen molar-refractivity contribution in [2.45, 2.75) is 32.6 Å². The van der Waals surface area contributed by atoms with E-state index in [1.165, 1.54) is 10.9 Å². The van der Waals surface area contributed by atoms with Gasteiger partial charge >= 0.3 is 5.84 Å². The van der Waals surface area contributed by atoms with Gasteiger partial charge in [-0.15, -0.1) is 9.61 Å². The van der Waals surface area contributed by atoms with Gasteiger partial charge in [-0.05, 0) is 19.3 Å². The van der Waals surface area contributed by atoms with Gasteiger partial charge in [-0.2, -0.15) is 4.98 Å². The molecule has 0 bridgehead atoms. The molecule has 6 heteroatoms. The highest BCUT2D eigenvalue weighted by molar-refractivity contribution is 5.42. The number of aromatic nitrogens is 3. The van der Waals surface area contributed by atoms with Gasteiger partial charge in [0.25, 0.3) is 5.56 Å². The van der Waals surface area contributed by atoms with Crippen LogP contribution in [0.2, 0.25) is 0 Å². The zero-order valence-electron chi connectivity index (χ0n) is 10.4. The fourth-order valence-corrected chi connectivity index (χ4v) is 2.27. The molecule has 2 aromatic heterocycles. The average Bonchev–Trinajstić information content (AvgIpc) is 2.83. The van der Waals surface area contributed by atoms with Crippen LogP contribution in [-0.2, 0) is 6.42 Å². The van der Waals surface area contributed by atoms with Crippen molar-refractivity contribution in [2.24, 2.45) is 0 Å². The minimum Gasteiger partial charge on any atom is -0.408 e. The lowest BCUT2D eigenvalue weighted by atomic mass is 10.1. The van der Waals surface area contributed by atoms with Gasteiger partial charge in [-0.3, -0.25) is 4.79 Å². The largest absolute Gasteiger partial charge is 0.408 e. The number of rotatable bonds is 2. The van der Waals surface area contributed by atoms with Crippen molar-refractivity contribution < 1.29 is 4.42 Å². The van der Waals surface area contributed by atoms with Crippen molar-refractivity contribution in [3.8, 4) is 0 Å². The van der Waals surface area contributed by atoms with Gasteiger partial charge in [0.1, 0.15) is 5.82 Å². The van der Waals surface area contributed by atoms with Crippen LogP contribution in [0.1, 0.15) is 32.1 Å². The van der Waals surface area contributed by atoms with Crippen molar-refractivity contribution in [2.75, 3.05) is 18.0 Å². The van der Waals surface area contributed by atoms with Crippen molar-refractivity contribution >= 4 is 11.7 Å². The van der Waals surface area contributed by atoms with Crippen LogP contribution >= 0.6 is 0 Å². The van der Waals surface area contributed by atoms with Gasteiger partial charge in [0.05, 0.1) is 0 Å². The molecule has 0 aliphatic carbocycles. The molecule has 2 aromatic rings. The first-order chi connectivity index (χ1) is 8.78. The van der Waals surface area contributed by atoms with Crippen LogP contribution in [0.25, 0.3) is 5.84 Å². The maximum Gasteiger partial charge on any atom is 0.329 e. The second-order valence-electron chi connectivity index (χ2n) is 4.54. The van der Waals surface area contributed by atoms with Gasteiger partial charge in [-0.25, -0.2) is 0 Å². The molecule has 96 valence electrons. The molecule has 0 aromatic carbocycles. The maximum atomic E-state index is 11.9. The first kappa shape index (κ1) is 11.3. The fraction of sp³-hybridized carbons (Fsp3) is 0.583. The van der Waals surface area contributed by atoms with Gasteiger partial charge in [0.2, 0.25) is 5.89 Å². The molecule has 1 aliphatic heterocycles. The zero-order valence-corrected chi connectivity index (χ0v) is 10.4. The quantitative estimate of drug-likeness (QED) is 0.800. The molecule has 0 unspecified atom stereocenters. The highest BCUT2D eigenvalue weighted by Gasteiger charge is 2.16. The van der Waals surface area contributed by atoms with Crippen LogP contribution in [0.15, 0.2) is 15.3 Å². The summed E-state index contributed by atoms with van der Waals surface area (Å²) in [7, 11) is 0. The van der Waals surface area contributed by atoms with Crippen molar-refractivity contribution in [1.82, 2.24) is 14.6 Å². The lowest BCUT2D eigenvalue weighted by Gasteiger charge is -2.27. The normalized spacial score (nSPS) is 16.4. The highest BCUT2D eigenvalue weighted by Crippen LogP contribution is 2.17. The Morgan fingerprint density at radius 2 is 2.11 bits per heavy atom. The third kappa shape index (κ3) is 1.87. The standard InChI is InChI=1S/C12H16N4O2/c1-2-10-14-16-11(17)8-9(13-12(16)18-10)15-6-4-3-5-7-15/h8H,2-7H2,1H3. The number of hydrogen-bond acceptors (Lipinski definition) is 5. The molecule has 0 radical (unpaired) electrons. The minimum atomic E-state index is -0.177. The molecule has 1 fully saturated rings. The van der Waals surface area contributed by atoms with E-state index in [2.05, 4.69) is 15.0 Å². The molecule has 3 rings (SSSR count). The zero-order chi connectivity index (χ0) is 12.5. The summed E-state index contributed by atoms with van der Waals surface area (Å²) in [6.45, 7) is 3.84. The number of nitrogens with zero attached hydrogens (tertiary/aromatic N) is 4. The summed E-state index contributed by atoms with van der Waals surface area (Å²) in [4.78, 5) is 18.5. The summed E-state index contributed by atoms with van der Waals surface area (Å²) >= 11 is 0. The Labute approximate surface area is 104 Å². The molecular weight excluding hydrogens is 232 g/mol. The maximum absolute atomic E-state index is 11.9. The third-order valence-electron chi connectivity index (χ3n) is 3.26. The summed E-state index contributed by atoms with van der Waals surface area (Å²) < 4.78 is 6.67. The van der Waals surface area contributed by atoms with Gasteiger partial charge in [0.15, 0.2) is 0 Å². The number of fused-ring (bicyclic) bond motifs is 1. The van der Waals surface area contributed by atoms with Crippen LogP contribution in [0.3, 0.4) is 0 Å². The molecule has 0 atom stereocenters. The van der Waals surface area contributed by atoms with E-state index in [1.54, 1.807) is 6.07 Å². The van der Waals surface area contributed by atoms with E-state index in [4.69, 9.17) is 4.42 Å². The lowest BCUT2D eigenvalue weighted by molar-refractivity contribution is 0.526. The highest BCUT2D eigenvalue weighted by atomic mass is 16.4. The van der Waals surface area contributed by atoms with E-state index in [-0.39, 0.29) is 5.56 Å². The van der Waals surface area contributed by atoms with Gasteiger partial charge < -0.3 is 9.32 Å². The van der Waals surface area contributed by atoms with Crippen LogP contribution in [-0.4, -0.2) is 27.7 Å². The Hall–Kier alpha value is -1.85. The Kier molecular flexibility index (Phi) is 2.77. The first-order valence-electron chi connectivity index (χ1n) is 6.42. The van der Waals surface area contributed by atoms with Crippen molar-refractivity contribution in [3.05, 3.63) is 22.3 Å². The summed E-state index contributed by atoms with van der Waals surface area (Å²) in [6.07, 6.45) is 4.21. The second kappa shape index (κ2) is 4.44. The SMILES string of the molecule is CCc1nn2c(=O)cc(N3CCCCC3)nc2o1. The second-order valence-corrected chi connectivity index (χ2v) is 4.54. The molecule has 0 saturated carbocycles. The van der Waals surface area contributed by atoms with Crippen molar-refractivity contribution in [3.63, 3.8) is 0 Å². The third-order valence-corrected chi connectivity index (χ3v) is 3.26. The number of piperidine rings is 1. The first-order valence-corrected chi connectivity index (χ1v) is 6.42. The molecule has 18 heavy (non-hydrogen) atoms. The smallest absolute Gasteiger partial charge is 0.329 e. The monoisotopic (exact) mass is 248 g/mol. The van der Waals surface area contributed by atoms with E-state index in [0.717, 1.165) is 25.9 Å². The van der Waals surface area contributed by atoms with Gasteiger partial charge in [-0.1, -0.05) is 6.92 Å². The van der Waals surface area contributed by atoms with E-state index >= 15 is 0 Å². The summed E-state index contributed by atoms with van der Waals surface area (Å²) in [5.74, 6) is 1.54. The van der Waals surface area contributed by atoms with Crippen LogP contribution in [0.4, 0.5) is 5.82 Å². The van der Waals surface area contributed by atoms with E-state index in [9.17, 15) is 4.79 Å². The molecule has 0 spiro atoms. The van der Waals surface area contributed by atoms with E-state index < -0.39 is 0 Å². The minimum absolute atomic E-state index is 0.177. The molecule has 6 nitrogen and oxygen atoms in total. The summed E-state index contributed by atoms with van der Waals surface area (Å²) in [5, 5.41) is 4.07. The Balaban J connectivity index is 2.05. The van der Waals surface area contributed by atoms with Crippen LogP contribution in [0.5, 0.6) is 0 Å². The number of hydrogen-bond donors (Lipinski definition) is 0. The van der Waals surface area contributed by atoms with Crippen molar-refractivity contribution in [1.29, 1.82) is 0 Å². The number of aryl methyl sites for hydroxylation is 1. The lowest BCUT2D eigenvalue weighted by Crippen LogP contribution is -2.31. The molecule has 1 saturated heterocycles. The predicted molar refractivity (Wildman–Crippen MR) is 67.0 cm³/mol. The molecule has 1 aliphatic rings. The molecule has 0 amide bonds. The molecule has 0 N–H and O–H groups in total. The molecule has 3 heterocycles. The summed E-state index contributed by atoms with van der Waals surface area (Å²) in [6, 6.07) is 1.54. The van der Waals surface area contributed by atoms with Crippen LogP contribution < -0.4 is 10.5 Å². The van der Waals surface area contributed by atoms with Gasteiger partial charge in [0, 0.05) is 25.6 Å². The topological polar surface area (TPSA) is 63.6 Å². The predicted octanol–water partition coefficient (Wildman–Crippen LogP) is 1.24. The fourth-order valence-electron chi connectivity index (χ4n) is 2.27. The average molecular weight is 248 g/mol. The Morgan fingerprint density at radius 1 is 1.33 bits per heavy atom. The Morgan fingerprint density at radius 3 is 2.83 bits per heavy atom. The molecular formula is C12H16N4O2. The van der Waals surface area contributed by atoms with E-state index in [1.807, 2.05) is 6.92 Å². The van der Waals surface area contributed by atoms with E-state index in [0.29, 0.717) is 24.0 Å². The van der Waals surface area contributed by atoms with Crippen LogP contribution in [0, 0.1) is 0 Å². The number of anilines is 1.